The van der Waals surface area contributed by atoms with Gasteiger partial charge < -0.3 is 14.0 Å². The molecule has 5 nitrogen and oxygen atoms in total. The Morgan fingerprint density at radius 2 is 1.67 bits per heavy atom. The van der Waals surface area contributed by atoms with Gasteiger partial charge in [-0.1, -0.05) is 34.1 Å². The number of aromatic nitrogens is 1. The van der Waals surface area contributed by atoms with Gasteiger partial charge in [-0.15, -0.1) is 0 Å². The van der Waals surface area contributed by atoms with E-state index in [-0.39, 0.29) is 13.2 Å². The number of ether oxygens (including phenoxy) is 2. The van der Waals surface area contributed by atoms with Gasteiger partial charge in [0.2, 0.25) is 0 Å². The van der Waals surface area contributed by atoms with Crippen LogP contribution < -0.4 is 0 Å². The number of alkyl halides is 1. The Bertz CT molecular complexity index is 993. The van der Waals surface area contributed by atoms with Crippen molar-refractivity contribution in [1.82, 2.24) is 4.57 Å². The van der Waals surface area contributed by atoms with Crippen molar-refractivity contribution in [3.8, 4) is 5.69 Å². The van der Waals surface area contributed by atoms with Gasteiger partial charge in [-0.3, -0.25) is 0 Å². The summed E-state index contributed by atoms with van der Waals surface area (Å²) in [7, 11) is 0. The lowest BCUT2D eigenvalue weighted by molar-refractivity contribution is 0.0506. The van der Waals surface area contributed by atoms with E-state index in [0.29, 0.717) is 22.3 Å². The van der Waals surface area contributed by atoms with E-state index in [9.17, 15) is 9.59 Å². The topological polar surface area (TPSA) is 57.5 Å². The summed E-state index contributed by atoms with van der Waals surface area (Å²) in [6.45, 7) is 4.07. The minimum absolute atomic E-state index is 0.270. The van der Waals surface area contributed by atoms with Crippen LogP contribution in [0.15, 0.2) is 48.5 Å². The molecule has 3 aromatic rings. The highest BCUT2D eigenvalue weighted by Crippen LogP contribution is 2.29. The maximum absolute atomic E-state index is 12.6. The molecule has 0 aliphatic carbocycles. The average molecular weight is 430 g/mol. The standard InChI is InChI=1S/C21H20BrNO4/c1-3-26-20(24)16-7-5-6-8-18(16)23-17-10-9-14(13-22)11-15(17)12-19(23)21(25)27-4-2/h5-12H,3-4,13H2,1-2H3. The minimum atomic E-state index is -0.437. The maximum Gasteiger partial charge on any atom is 0.355 e. The zero-order valence-electron chi connectivity index (χ0n) is 15.2. The normalized spacial score (nSPS) is 10.8. The molecule has 1 heterocycles. The highest BCUT2D eigenvalue weighted by Gasteiger charge is 2.22. The Morgan fingerprint density at radius 3 is 2.37 bits per heavy atom. The van der Waals surface area contributed by atoms with Gasteiger partial charge in [-0.05, 0) is 49.7 Å². The first kappa shape index (κ1) is 19.2. The number of halogens is 1. The fraction of sp³-hybridized carbons (Fsp3) is 0.238. The molecule has 0 spiro atoms. The van der Waals surface area contributed by atoms with E-state index < -0.39 is 11.9 Å². The number of fused-ring (bicyclic) bond motifs is 1. The number of para-hydroxylation sites is 1. The second-order valence-electron chi connectivity index (χ2n) is 5.85. The summed E-state index contributed by atoms with van der Waals surface area (Å²) in [6, 6.07) is 14.8. The molecule has 0 saturated heterocycles. The van der Waals surface area contributed by atoms with Crippen LogP contribution in [0.5, 0.6) is 0 Å². The summed E-state index contributed by atoms with van der Waals surface area (Å²) in [5.41, 5.74) is 3.26. The summed E-state index contributed by atoms with van der Waals surface area (Å²) in [5, 5.41) is 1.61. The Balaban J connectivity index is 2.28. The van der Waals surface area contributed by atoms with Crippen LogP contribution in [-0.2, 0) is 14.8 Å². The fourth-order valence-corrected chi connectivity index (χ4v) is 3.36. The fourth-order valence-electron chi connectivity index (χ4n) is 3.01. The molecule has 0 amide bonds. The number of esters is 2. The third-order valence-electron chi connectivity index (χ3n) is 4.15. The van der Waals surface area contributed by atoms with Gasteiger partial charge >= 0.3 is 11.9 Å². The highest BCUT2D eigenvalue weighted by molar-refractivity contribution is 9.08. The molecule has 0 N–H and O–H groups in total. The van der Waals surface area contributed by atoms with Crippen LogP contribution in [0.25, 0.3) is 16.6 Å². The van der Waals surface area contributed by atoms with Gasteiger partial charge in [0.25, 0.3) is 0 Å². The third kappa shape index (κ3) is 3.76. The molecular weight excluding hydrogens is 410 g/mol. The van der Waals surface area contributed by atoms with Crippen molar-refractivity contribution in [2.24, 2.45) is 0 Å². The zero-order chi connectivity index (χ0) is 19.4. The molecule has 0 unspecified atom stereocenters. The van der Waals surface area contributed by atoms with Gasteiger partial charge in [0, 0.05) is 10.7 Å². The lowest BCUT2D eigenvalue weighted by Crippen LogP contribution is -2.14. The number of carbonyl (C=O) groups is 2. The smallest absolute Gasteiger partial charge is 0.355 e. The van der Waals surface area contributed by atoms with Crippen molar-refractivity contribution in [2.75, 3.05) is 13.2 Å². The van der Waals surface area contributed by atoms with Crippen molar-refractivity contribution in [2.45, 2.75) is 19.2 Å². The molecule has 6 heteroatoms. The number of hydrogen-bond donors (Lipinski definition) is 0. The second-order valence-corrected chi connectivity index (χ2v) is 6.41. The molecule has 140 valence electrons. The van der Waals surface area contributed by atoms with Gasteiger partial charge in [-0.2, -0.15) is 0 Å². The summed E-state index contributed by atoms with van der Waals surface area (Å²) < 4.78 is 12.2. The quantitative estimate of drug-likeness (QED) is 0.413. The van der Waals surface area contributed by atoms with Gasteiger partial charge in [0.1, 0.15) is 5.69 Å². The van der Waals surface area contributed by atoms with E-state index in [1.807, 2.05) is 24.3 Å². The SMILES string of the molecule is CCOC(=O)c1ccccc1-n1c(C(=O)OCC)cc2cc(CBr)ccc21. The molecule has 0 fully saturated rings. The Morgan fingerprint density at radius 1 is 0.963 bits per heavy atom. The van der Waals surface area contributed by atoms with E-state index in [0.717, 1.165) is 16.5 Å². The van der Waals surface area contributed by atoms with E-state index in [2.05, 4.69) is 15.9 Å². The van der Waals surface area contributed by atoms with Crippen molar-refractivity contribution in [1.29, 1.82) is 0 Å². The lowest BCUT2D eigenvalue weighted by Gasteiger charge is -2.14. The molecule has 0 aliphatic rings. The number of rotatable bonds is 6. The summed E-state index contributed by atoms with van der Waals surface area (Å²) in [4.78, 5) is 25.0. The Hall–Kier alpha value is -2.60. The average Bonchev–Trinajstić information content (AvgIpc) is 3.06. The minimum Gasteiger partial charge on any atom is -0.462 e. The van der Waals surface area contributed by atoms with Crippen LogP contribution in [0.3, 0.4) is 0 Å². The predicted molar refractivity (Wildman–Crippen MR) is 108 cm³/mol. The molecule has 0 aliphatic heterocycles. The molecule has 0 bridgehead atoms. The number of benzene rings is 2. The van der Waals surface area contributed by atoms with Crippen LogP contribution in [-0.4, -0.2) is 29.7 Å². The molecular formula is C21H20BrNO4. The molecule has 3 rings (SSSR count). The summed E-state index contributed by atoms with van der Waals surface area (Å²) in [5.74, 6) is -0.866. The molecule has 2 aromatic carbocycles. The van der Waals surface area contributed by atoms with Crippen LogP contribution in [0, 0.1) is 0 Å². The lowest BCUT2D eigenvalue weighted by atomic mass is 10.1. The highest BCUT2D eigenvalue weighted by atomic mass is 79.9. The van der Waals surface area contributed by atoms with Crippen molar-refractivity contribution < 1.29 is 19.1 Å². The van der Waals surface area contributed by atoms with Crippen molar-refractivity contribution in [3.05, 3.63) is 65.4 Å². The van der Waals surface area contributed by atoms with E-state index >= 15 is 0 Å². The Kier molecular flexibility index (Phi) is 5.96. The Labute approximate surface area is 166 Å². The van der Waals surface area contributed by atoms with Gasteiger partial charge in [0.05, 0.1) is 30.0 Å². The number of nitrogens with zero attached hydrogens (tertiary/aromatic N) is 1. The monoisotopic (exact) mass is 429 g/mol. The summed E-state index contributed by atoms with van der Waals surface area (Å²) in [6.07, 6.45) is 0. The first-order valence-electron chi connectivity index (χ1n) is 8.74. The molecule has 1 aromatic heterocycles. The van der Waals surface area contributed by atoms with E-state index in [4.69, 9.17) is 9.47 Å². The number of carbonyl (C=O) groups excluding carboxylic acids is 2. The number of hydrogen-bond acceptors (Lipinski definition) is 4. The van der Waals surface area contributed by atoms with Crippen LogP contribution in [0.1, 0.15) is 40.3 Å². The maximum atomic E-state index is 12.6. The molecule has 0 saturated carbocycles. The molecule has 0 radical (unpaired) electrons. The first-order chi connectivity index (χ1) is 13.1. The third-order valence-corrected chi connectivity index (χ3v) is 4.79. The predicted octanol–water partition coefficient (Wildman–Crippen LogP) is 4.88. The van der Waals surface area contributed by atoms with Crippen LogP contribution in [0.2, 0.25) is 0 Å². The second kappa shape index (κ2) is 8.39. The largest absolute Gasteiger partial charge is 0.462 e. The zero-order valence-corrected chi connectivity index (χ0v) is 16.8. The van der Waals surface area contributed by atoms with E-state index in [1.54, 1.807) is 42.7 Å². The van der Waals surface area contributed by atoms with E-state index in [1.165, 1.54) is 0 Å². The molecule has 0 atom stereocenters. The van der Waals surface area contributed by atoms with Crippen molar-refractivity contribution >= 4 is 38.8 Å². The molecule has 27 heavy (non-hydrogen) atoms. The van der Waals surface area contributed by atoms with Crippen LogP contribution >= 0.6 is 15.9 Å². The van der Waals surface area contributed by atoms with Crippen LogP contribution in [0.4, 0.5) is 0 Å². The van der Waals surface area contributed by atoms with Crippen molar-refractivity contribution in [3.63, 3.8) is 0 Å². The summed E-state index contributed by atoms with van der Waals surface area (Å²) >= 11 is 3.46. The van der Waals surface area contributed by atoms with Gasteiger partial charge in [-0.25, -0.2) is 9.59 Å². The first-order valence-corrected chi connectivity index (χ1v) is 9.86. The van der Waals surface area contributed by atoms with Gasteiger partial charge in [0.15, 0.2) is 0 Å².